The molecule has 2 aliphatic heterocycles. The number of rotatable bonds is 9. The Labute approximate surface area is 204 Å². The third-order valence-corrected chi connectivity index (χ3v) is 7.19. The topological polar surface area (TPSA) is 123 Å². The minimum atomic E-state index is -1.02. The second-order valence-electron chi connectivity index (χ2n) is 9.63. The van der Waals surface area contributed by atoms with Crippen molar-refractivity contribution in [2.24, 2.45) is 5.92 Å². The summed E-state index contributed by atoms with van der Waals surface area (Å²) in [5, 5.41) is 23.4. The first kappa shape index (κ1) is 23.3. The van der Waals surface area contributed by atoms with Crippen LogP contribution in [-0.4, -0.2) is 69.3 Å². The van der Waals surface area contributed by atoms with Gasteiger partial charge >= 0.3 is 5.97 Å². The molecule has 9 nitrogen and oxygen atoms in total. The molecule has 5 rings (SSSR count). The Kier molecular flexibility index (Phi) is 6.94. The molecular weight excluding hydrogens is 444 g/mol. The van der Waals surface area contributed by atoms with Gasteiger partial charge in [-0.1, -0.05) is 18.2 Å². The molecule has 0 unspecified atom stereocenters. The van der Waals surface area contributed by atoms with Gasteiger partial charge < -0.3 is 20.6 Å². The average molecular weight is 477 g/mol. The summed E-state index contributed by atoms with van der Waals surface area (Å²) in [5.41, 5.74) is 3.46. The second kappa shape index (κ2) is 10.4. The first-order valence-corrected chi connectivity index (χ1v) is 12.5. The zero-order valence-electron chi connectivity index (χ0n) is 19.8. The molecule has 1 aromatic carbocycles. The van der Waals surface area contributed by atoms with Crippen LogP contribution in [0.2, 0.25) is 0 Å². The van der Waals surface area contributed by atoms with E-state index in [-0.39, 0.29) is 0 Å². The lowest BCUT2D eigenvalue weighted by Gasteiger charge is -2.20. The molecule has 2 aliphatic rings. The number of aliphatic carboxylic acids is 1. The average Bonchev–Trinajstić information content (AvgIpc) is 3.54. The summed E-state index contributed by atoms with van der Waals surface area (Å²) < 4.78 is 0. The highest BCUT2D eigenvalue weighted by Crippen LogP contribution is 2.24. The lowest BCUT2D eigenvalue weighted by molar-refractivity contribution is -0.139. The van der Waals surface area contributed by atoms with Gasteiger partial charge in [-0.3, -0.25) is 9.89 Å². The Morgan fingerprint density at radius 1 is 1.26 bits per heavy atom. The van der Waals surface area contributed by atoms with E-state index >= 15 is 0 Å². The first-order valence-electron chi connectivity index (χ1n) is 12.5. The van der Waals surface area contributed by atoms with Crippen LogP contribution in [0.5, 0.6) is 0 Å². The summed E-state index contributed by atoms with van der Waals surface area (Å²) >= 11 is 0. The van der Waals surface area contributed by atoms with Gasteiger partial charge in [0, 0.05) is 30.7 Å². The van der Waals surface area contributed by atoms with Gasteiger partial charge in [-0.15, -0.1) is 0 Å². The molecule has 3 aromatic rings. The number of pyridine rings is 1. The molecule has 4 heterocycles. The fourth-order valence-corrected chi connectivity index (χ4v) is 5.17. The maximum absolute atomic E-state index is 12.8. The van der Waals surface area contributed by atoms with Crippen molar-refractivity contribution < 1.29 is 14.7 Å². The number of para-hydroxylation sites is 1. The van der Waals surface area contributed by atoms with Crippen LogP contribution in [0.15, 0.2) is 36.5 Å². The molecule has 35 heavy (non-hydrogen) atoms. The third kappa shape index (κ3) is 5.45. The van der Waals surface area contributed by atoms with Crippen LogP contribution >= 0.6 is 0 Å². The number of hydrogen-bond acceptors (Lipinski definition) is 6. The molecule has 1 amide bonds. The molecule has 4 N–H and O–H groups in total. The van der Waals surface area contributed by atoms with Crippen LogP contribution in [-0.2, 0) is 17.6 Å². The zero-order valence-corrected chi connectivity index (χ0v) is 19.8. The second-order valence-corrected chi connectivity index (χ2v) is 9.63. The van der Waals surface area contributed by atoms with Crippen LogP contribution in [0.25, 0.3) is 10.9 Å². The standard InChI is InChI=1S/C26H32N6O3/c33-25(21-5-1-3-19-15-28-31-23(19)21)30-22(26(34)35)11-14-32-13-10-17(16-32)6-8-20-9-7-18-4-2-12-27-24(18)29-20/h1,3,5,7,9,15,17,22H,2,4,6,8,10-14,16H2,(H,27,29)(H,28,31)(H,30,33)(H,34,35)/t17-,22+/m1/s1. The van der Waals surface area contributed by atoms with Crippen LogP contribution in [0.1, 0.15) is 47.3 Å². The molecule has 0 radical (unpaired) electrons. The lowest BCUT2D eigenvalue weighted by Crippen LogP contribution is -2.43. The number of benzene rings is 1. The fraction of sp³-hybridized carbons (Fsp3) is 0.462. The summed E-state index contributed by atoms with van der Waals surface area (Å²) in [6, 6.07) is 8.72. The van der Waals surface area contributed by atoms with E-state index in [1.54, 1.807) is 18.3 Å². The van der Waals surface area contributed by atoms with Crippen molar-refractivity contribution in [2.45, 2.75) is 44.6 Å². The molecule has 0 bridgehead atoms. The number of anilines is 1. The summed E-state index contributed by atoms with van der Waals surface area (Å²) in [6.07, 6.45) is 7.42. The smallest absolute Gasteiger partial charge is 0.326 e. The number of aromatic amines is 1. The summed E-state index contributed by atoms with van der Waals surface area (Å²) in [5.74, 6) is 0.209. The van der Waals surface area contributed by atoms with Crippen LogP contribution in [0.4, 0.5) is 5.82 Å². The van der Waals surface area contributed by atoms with E-state index in [0.29, 0.717) is 30.0 Å². The Hall–Kier alpha value is -3.46. The number of H-pyrrole nitrogens is 1. The van der Waals surface area contributed by atoms with E-state index in [9.17, 15) is 14.7 Å². The van der Waals surface area contributed by atoms with Crippen molar-refractivity contribution >= 4 is 28.6 Å². The van der Waals surface area contributed by atoms with Crippen LogP contribution in [0.3, 0.4) is 0 Å². The SMILES string of the molecule is O=C(N[C@@H](CCN1CC[C@@H](CCc2ccc3c(n2)NCCC3)C1)C(=O)O)c1cccc2cn[nH]c12. The van der Waals surface area contributed by atoms with Gasteiger partial charge in [-0.2, -0.15) is 5.10 Å². The number of hydrogen-bond donors (Lipinski definition) is 4. The molecule has 2 atom stereocenters. The van der Waals surface area contributed by atoms with Crippen molar-refractivity contribution in [1.29, 1.82) is 0 Å². The van der Waals surface area contributed by atoms with E-state index in [2.05, 4.69) is 37.9 Å². The maximum Gasteiger partial charge on any atom is 0.326 e. The van der Waals surface area contributed by atoms with E-state index in [1.165, 1.54) is 12.0 Å². The summed E-state index contributed by atoms with van der Waals surface area (Å²) in [6.45, 7) is 3.55. The van der Waals surface area contributed by atoms with Crippen molar-refractivity contribution in [3.8, 4) is 0 Å². The molecule has 184 valence electrons. The number of fused-ring (bicyclic) bond motifs is 2. The number of nitrogens with zero attached hydrogens (tertiary/aromatic N) is 3. The van der Waals surface area contributed by atoms with Gasteiger partial charge in [0.15, 0.2) is 0 Å². The van der Waals surface area contributed by atoms with Crippen molar-refractivity contribution in [1.82, 2.24) is 25.4 Å². The number of carbonyl (C=O) groups excluding carboxylic acids is 1. The number of carboxylic acids is 1. The van der Waals surface area contributed by atoms with Gasteiger partial charge in [-0.25, -0.2) is 9.78 Å². The molecule has 9 heteroatoms. The number of nitrogens with one attached hydrogen (secondary N) is 3. The Morgan fingerprint density at radius 2 is 2.17 bits per heavy atom. The molecule has 0 spiro atoms. The Balaban J connectivity index is 1.10. The van der Waals surface area contributed by atoms with Gasteiger partial charge in [0.05, 0.1) is 17.3 Å². The maximum atomic E-state index is 12.8. The van der Waals surface area contributed by atoms with Crippen LogP contribution in [0, 0.1) is 5.92 Å². The molecule has 0 aliphatic carbocycles. The molecule has 1 fully saturated rings. The quantitative estimate of drug-likeness (QED) is 0.374. The third-order valence-electron chi connectivity index (χ3n) is 7.19. The molecule has 2 aromatic heterocycles. The highest BCUT2D eigenvalue weighted by Gasteiger charge is 2.26. The lowest BCUT2D eigenvalue weighted by atomic mass is 10.00. The van der Waals surface area contributed by atoms with E-state index in [1.807, 2.05) is 6.07 Å². The van der Waals surface area contributed by atoms with Crippen molar-refractivity contribution in [3.05, 3.63) is 53.3 Å². The van der Waals surface area contributed by atoms with Gasteiger partial charge in [0.2, 0.25) is 0 Å². The Morgan fingerprint density at radius 3 is 3.06 bits per heavy atom. The van der Waals surface area contributed by atoms with E-state index < -0.39 is 17.9 Å². The highest BCUT2D eigenvalue weighted by molar-refractivity contribution is 6.06. The van der Waals surface area contributed by atoms with Gasteiger partial charge in [0.1, 0.15) is 11.9 Å². The summed E-state index contributed by atoms with van der Waals surface area (Å²) in [7, 11) is 0. The number of carboxylic acid groups (broad SMARTS) is 1. The van der Waals surface area contributed by atoms with Crippen molar-refractivity contribution in [3.63, 3.8) is 0 Å². The normalized spacial score (nSPS) is 18.7. The van der Waals surface area contributed by atoms with E-state index in [0.717, 1.165) is 62.2 Å². The number of aromatic nitrogens is 3. The number of carbonyl (C=O) groups is 2. The zero-order chi connectivity index (χ0) is 24.2. The van der Waals surface area contributed by atoms with Gasteiger partial charge in [0.25, 0.3) is 5.91 Å². The number of likely N-dealkylation sites (tertiary alicyclic amines) is 1. The predicted octanol–water partition coefficient (Wildman–Crippen LogP) is 2.84. The molecular formula is C26H32N6O3. The molecule has 0 saturated carbocycles. The predicted molar refractivity (Wildman–Crippen MR) is 134 cm³/mol. The minimum absolute atomic E-state index is 0.366. The van der Waals surface area contributed by atoms with E-state index in [4.69, 9.17) is 4.98 Å². The van der Waals surface area contributed by atoms with Crippen LogP contribution < -0.4 is 10.6 Å². The minimum Gasteiger partial charge on any atom is -0.480 e. The summed E-state index contributed by atoms with van der Waals surface area (Å²) in [4.78, 5) is 31.7. The molecule has 1 saturated heterocycles. The monoisotopic (exact) mass is 476 g/mol. The Bertz CT molecular complexity index is 1210. The highest BCUT2D eigenvalue weighted by atomic mass is 16.4. The largest absolute Gasteiger partial charge is 0.480 e. The number of amides is 1. The van der Waals surface area contributed by atoms with Crippen molar-refractivity contribution in [2.75, 3.05) is 31.5 Å². The fourth-order valence-electron chi connectivity index (χ4n) is 5.17. The first-order chi connectivity index (χ1) is 17.1. The number of aryl methyl sites for hydroxylation is 2. The van der Waals surface area contributed by atoms with Gasteiger partial charge in [-0.05, 0) is 68.7 Å².